The summed E-state index contributed by atoms with van der Waals surface area (Å²) < 4.78 is 73.5. The third-order valence-electron chi connectivity index (χ3n) is 20.1. The van der Waals surface area contributed by atoms with Gasteiger partial charge in [0, 0.05) is 65.1 Å². The van der Waals surface area contributed by atoms with Crippen molar-refractivity contribution in [2.75, 3.05) is 45.9 Å². The fraction of sp³-hybridized carbons (Fsp3) is 0.562. The molecule has 570 valence electrons. The molecule has 28 nitrogen and oxygen atoms in total. The standard InChI is InChI=1S/C38H52BrN4O10P.C35H44N5O9PS/c1-8-23-20-38(23,54(48,50-9-2)51-10-3)42-34(45)30-18-26(52-32-19-29(31(44)21-39)40-28-17-25(49-7)15-16-27(28)32)22-43(30)35(46)33(37(4,5)6)41-36(47)53-24-13-11-12-14-24;1-6-20-16-35(20,50(44,45)46)39-31(41)28-14-23(17-40(28)32(42)30(34(2,3)4)38-33(43)49-21-9-7-8-10-21)48-29-15-26(27-18-51-19-36-27)37-25-13-22(47-5)11-12-24(25)29/h8,15-17,19,23-24,26,30,33H,1,9-14,18,20-22H2,2-7H3,(H,41,47)(H,42,45);6,11-13,15,18-21,23,28,30H,1,7-10,14,16-17H2,2-5H3,(H,38,43)(H,39,41)(H2,44,45,46)/t23-,26-,30+,33-,38+;20-,23-,28+,30-,35+/m11/s1. The van der Waals surface area contributed by atoms with Crippen LogP contribution in [0, 0.1) is 22.7 Å². The number of methoxy groups -OCH3 is 2. The minimum Gasteiger partial charge on any atom is -0.497 e. The van der Waals surface area contributed by atoms with Gasteiger partial charge >= 0.3 is 27.4 Å². The van der Waals surface area contributed by atoms with E-state index < -0.39 is 121 Å². The molecule has 3 aromatic heterocycles. The van der Waals surface area contributed by atoms with Crippen LogP contribution in [0.2, 0.25) is 0 Å². The molecule has 10 atom stereocenters. The van der Waals surface area contributed by atoms with Crippen molar-refractivity contribution in [1.82, 2.24) is 46.0 Å². The Morgan fingerprint density at radius 1 is 0.657 bits per heavy atom. The van der Waals surface area contributed by atoms with Crippen LogP contribution in [0.15, 0.2) is 84.7 Å². The molecule has 0 radical (unpaired) electrons. The number of thiazole rings is 1. The average Bonchev–Trinajstić information content (AvgIpc) is 1.56. The summed E-state index contributed by atoms with van der Waals surface area (Å²) in [6.45, 7) is 21.8. The number of alkyl halides is 1. The van der Waals surface area contributed by atoms with Crippen LogP contribution in [0.3, 0.4) is 0 Å². The van der Waals surface area contributed by atoms with Gasteiger partial charge in [0.15, 0.2) is 5.78 Å². The number of rotatable bonds is 27. The highest BCUT2D eigenvalue weighted by Crippen LogP contribution is 2.73. The number of ether oxygens (including phenoxy) is 6. The van der Waals surface area contributed by atoms with Gasteiger partial charge in [-0.3, -0.25) is 33.1 Å². The molecule has 6 aliphatic rings. The van der Waals surface area contributed by atoms with Gasteiger partial charge in [0.05, 0.1) is 73.8 Å². The summed E-state index contributed by atoms with van der Waals surface area (Å²) in [5, 5.41) is 11.1. The molecule has 4 saturated carbocycles. The summed E-state index contributed by atoms with van der Waals surface area (Å²) in [7, 11) is -5.62. The van der Waals surface area contributed by atoms with Crippen LogP contribution in [0.4, 0.5) is 9.59 Å². The lowest BCUT2D eigenvalue weighted by Crippen LogP contribution is -2.58. The first kappa shape index (κ1) is 80.0. The zero-order valence-corrected chi connectivity index (χ0v) is 65.1. The topological polar surface area (TPSA) is 361 Å². The number of alkyl carbamates (subject to hydrolysis) is 2. The predicted octanol–water partition coefficient (Wildman–Crippen LogP) is 11.5. The van der Waals surface area contributed by atoms with Crippen molar-refractivity contribution in [3.8, 4) is 34.4 Å². The Balaban J connectivity index is 0.000000225. The molecule has 11 rings (SSSR count). The molecule has 4 aliphatic carbocycles. The number of fused-ring (bicyclic) bond motifs is 2. The van der Waals surface area contributed by atoms with Crippen LogP contribution in [0.25, 0.3) is 33.2 Å². The van der Waals surface area contributed by atoms with Crippen LogP contribution >= 0.6 is 42.5 Å². The number of pyridine rings is 2. The molecular weight excluding hydrogens is 1480 g/mol. The number of hydrogen-bond acceptors (Lipinski definition) is 21. The van der Waals surface area contributed by atoms with E-state index in [9.17, 15) is 52.5 Å². The van der Waals surface area contributed by atoms with Crippen molar-refractivity contribution >= 4 is 106 Å². The van der Waals surface area contributed by atoms with Crippen LogP contribution in [-0.2, 0) is 46.8 Å². The van der Waals surface area contributed by atoms with E-state index in [0.717, 1.165) is 51.4 Å². The number of carbonyl (C=O) groups excluding carboxylic acids is 7. The average molecular weight is 1580 g/mol. The van der Waals surface area contributed by atoms with E-state index in [2.05, 4.69) is 60.3 Å². The summed E-state index contributed by atoms with van der Waals surface area (Å²) in [5.74, 6) is -1.80. The van der Waals surface area contributed by atoms with E-state index in [1.807, 2.05) is 32.2 Å². The van der Waals surface area contributed by atoms with Crippen molar-refractivity contribution in [3.63, 3.8) is 0 Å². The van der Waals surface area contributed by atoms with Gasteiger partial charge in [0.2, 0.25) is 23.6 Å². The van der Waals surface area contributed by atoms with Gasteiger partial charge in [-0.1, -0.05) is 69.6 Å². The van der Waals surface area contributed by atoms with Crippen LogP contribution < -0.4 is 40.2 Å². The van der Waals surface area contributed by atoms with Crippen molar-refractivity contribution in [3.05, 3.63) is 90.4 Å². The fourth-order valence-electron chi connectivity index (χ4n) is 14.2. The quantitative estimate of drug-likeness (QED) is 0.0123. The fourth-order valence-corrected chi connectivity index (χ4v) is 18.7. The lowest BCUT2D eigenvalue weighted by Gasteiger charge is -2.36. The van der Waals surface area contributed by atoms with E-state index in [1.165, 1.54) is 34.3 Å². The Bertz CT molecular complexity index is 4170. The molecule has 2 saturated heterocycles. The lowest BCUT2D eigenvalue weighted by molar-refractivity contribution is -0.142. The number of nitrogens with zero attached hydrogens (tertiary/aromatic N) is 5. The molecule has 32 heteroatoms. The van der Waals surface area contributed by atoms with E-state index in [0.29, 0.717) is 56.2 Å². The van der Waals surface area contributed by atoms with Crippen LogP contribution in [-0.4, -0.2) is 181 Å². The minimum absolute atomic E-state index is 0.00293. The maximum atomic E-state index is 14.7. The molecule has 6 amide bonds. The minimum atomic E-state index is -4.81. The highest BCUT2D eigenvalue weighted by atomic mass is 79.9. The molecule has 5 heterocycles. The van der Waals surface area contributed by atoms with Gasteiger partial charge in [-0.25, -0.2) is 24.5 Å². The first-order valence-electron chi connectivity index (χ1n) is 35.4. The normalized spacial score (nSPS) is 23.8. The third kappa shape index (κ3) is 17.9. The molecule has 2 aromatic carbocycles. The third-order valence-corrected chi connectivity index (χ3v) is 25.6. The highest BCUT2D eigenvalue weighted by Gasteiger charge is 2.69. The van der Waals surface area contributed by atoms with Gasteiger partial charge < -0.3 is 78.3 Å². The maximum Gasteiger partial charge on any atom is 0.408 e. The van der Waals surface area contributed by atoms with E-state index in [4.69, 9.17) is 42.5 Å². The van der Waals surface area contributed by atoms with Gasteiger partial charge in [0.1, 0.15) is 87.8 Å². The number of benzene rings is 2. The second-order valence-electron chi connectivity index (χ2n) is 29.5. The summed E-state index contributed by atoms with van der Waals surface area (Å²) in [5.41, 5.74) is 2.51. The Hall–Kier alpha value is -7.56. The zero-order valence-electron chi connectivity index (χ0n) is 60.9. The molecule has 2 aliphatic heterocycles. The monoisotopic (exact) mass is 1580 g/mol. The molecular formula is C73H96BrN9O19P2S. The lowest BCUT2D eigenvalue weighted by atomic mass is 9.85. The second kappa shape index (κ2) is 32.9. The van der Waals surface area contributed by atoms with Crippen molar-refractivity contribution in [2.24, 2.45) is 22.7 Å². The first-order valence-corrected chi connectivity index (χ1v) is 40.7. The number of aromatic nitrogens is 3. The second-order valence-corrected chi connectivity index (χ2v) is 35.0. The smallest absolute Gasteiger partial charge is 0.408 e. The molecule has 6 fully saturated rings. The molecule has 105 heavy (non-hydrogen) atoms. The first-order chi connectivity index (χ1) is 49.8. The van der Waals surface area contributed by atoms with Crippen molar-refractivity contribution in [1.29, 1.82) is 0 Å². The Labute approximate surface area is 623 Å². The van der Waals surface area contributed by atoms with Gasteiger partial charge in [-0.05, 0) is 113 Å². The van der Waals surface area contributed by atoms with Gasteiger partial charge in [-0.15, -0.1) is 24.5 Å². The number of carbonyl (C=O) groups is 7. The van der Waals surface area contributed by atoms with E-state index >= 15 is 0 Å². The van der Waals surface area contributed by atoms with Crippen molar-refractivity contribution < 1.29 is 89.9 Å². The summed E-state index contributed by atoms with van der Waals surface area (Å²) >= 11 is 4.64. The Morgan fingerprint density at radius 3 is 1.50 bits per heavy atom. The molecule has 0 unspecified atom stereocenters. The van der Waals surface area contributed by atoms with Gasteiger partial charge in [-0.2, -0.15) is 0 Å². The van der Waals surface area contributed by atoms with Crippen LogP contribution in [0.1, 0.15) is 143 Å². The summed E-state index contributed by atoms with van der Waals surface area (Å²) in [4.78, 5) is 134. The Morgan fingerprint density at radius 2 is 1.10 bits per heavy atom. The molecule has 0 spiro atoms. The molecule has 5 aromatic rings. The maximum absolute atomic E-state index is 14.7. The number of halogens is 1. The van der Waals surface area contributed by atoms with Crippen LogP contribution in [0.5, 0.6) is 23.0 Å². The number of nitrogens with one attached hydrogen (secondary N) is 4. The summed E-state index contributed by atoms with van der Waals surface area (Å²) in [6.07, 6.45) is 6.86. The van der Waals surface area contributed by atoms with Crippen molar-refractivity contribution in [2.45, 2.75) is 192 Å². The molecule has 0 bridgehead atoms. The number of hydrogen-bond donors (Lipinski definition) is 6. The largest absolute Gasteiger partial charge is 0.497 e. The van der Waals surface area contributed by atoms with E-state index in [-0.39, 0.29) is 81.0 Å². The highest BCUT2D eigenvalue weighted by molar-refractivity contribution is 9.09. The SMILES string of the molecule is C=C[C@@H]1C[C@]1(NC(=O)[C@@H]1C[C@@H](Oc2cc(-c3cscn3)nc3cc(OC)ccc23)CN1C(=O)[C@@H](NC(=O)OC1CCCC1)C(C)(C)C)P(=O)(O)O.C=C[C@@H]1C[C@]1(NC(=O)[C@@H]1C[C@@H](Oc2cc(C(=O)CBr)nc3cc(OC)ccc23)CN1C(=O)[C@@H](NC(=O)OC1CCCC1)C(C)(C)C)P(=O)(OCC)OCC. The molecule has 6 N–H and O–H groups in total. The number of Topliss-reactive ketones (excluding diaryl/α,β-unsaturated/α-hetero) is 1. The predicted molar refractivity (Wildman–Crippen MR) is 396 cm³/mol. The number of amides is 6. The van der Waals surface area contributed by atoms with E-state index in [1.54, 1.807) is 95.8 Å². The number of likely N-dealkylation sites (tertiary alicyclic amines) is 2. The summed E-state index contributed by atoms with van der Waals surface area (Å²) in [6, 6.07) is 9.40. The Kier molecular flexibility index (Phi) is 25.1. The number of ketones is 1. The zero-order chi connectivity index (χ0) is 76.1. The van der Waals surface area contributed by atoms with Gasteiger partial charge in [0.25, 0.3) is 0 Å².